The summed E-state index contributed by atoms with van der Waals surface area (Å²) in [4.78, 5) is 9.08. The lowest BCUT2D eigenvalue weighted by atomic mass is 10.0. The molecular weight excluding hydrogens is 386 g/mol. The lowest BCUT2D eigenvalue weighted by Crippen LogP contribution is -2.07. The van der Waals surface area contributed by atoms with Crippen molar-refractivity contribution in [2.75, 3.05) is 0 Å². The Labute approximate surface area is 174 Å². The molecule has 0 bridgehead atoms. The molecule has 1 aromatic carbocycles. The monoisotopic (exact) mass is 407 g/mol. The zero-order valence-corrected chi connectivity index (χ0v) is 17.8. The maximum absolute atomic E-state index is 6.76. The van der Waals surface area contributed by atoms with Crippen LogP contribution in [0.3, 0.4) is 0 Å². The molecule has 1 atom stereocenters. The van der Waals surface area contributed by atoms with Gasteiger partial charge in [0.15, 0.2) is 0 Å². The Morgan fingerprint density at radius 3 is 2.50 bits per heavy atom. The van der Waals surface area contributed by atoms with Gasteiger partial charge in [-0.2, -0.15) is 11.3 Å². The van der Waals surface area contributed by atoms with Gasteiger partial charge in [0.2, 0.25) is 0 Å². The van der Waals surface area contributed by atoms with Crippen molar-refractivity contribution in [2.24, 2.45) is 0 Å². The number of hydrogen-bond acceptors (Lipinski definition) is 3. The van der Waals surface area contributed by atoms with Gasteiger partial charge < -0.3 is 4.57 Å². The zero-order chi connectivity index (χ0) is 19.7. The van der Waals surface area contributed by atoms with E-state index in [-0.39, 0.29) is 5.38 Å². The molecule has 3 nitrogen and oxygen atoms in total. The highest BCUT2D eigenvalue weighted by atomic mass is 35.5. The Morgan fingerprint density at radius 2 is 1.82 bits per heavy atom. The topological polar surface area (TPSA) is 30.7 Å². The number of halogens is 1. The summed E-state index contributed by atoms with van der Waals surface area (Å²) >= 11 is 8.48. The van der Waals surface area contributed by atoms with Gasteiger partial charge >= 0.3 is 0 Å². The van der Waals surface area contributed by atoms with Gasteiger partial charge in [-0.1, -0.05) is 35.9 Å². The van der Waals surface area contributed by atoms with Crippen LogP contribution >= 0.6 is 22.9 Å². The highest BCUT2D eigenvalue weighted by Gasteiger charge is 2.16. The van der Waals surface area contributed by atoms with Gasteiger partial charge in [-0.05, 0) is 48.4 Å². The highest BCUT2D eigenvalue weighted by Crippen LogP contribution is 2.30. The molecule has 0 aliphatic heterocycles. The van der Waals surface area contributed by atoms with Crippen molar-refractivity contribution < 1.29 is 0 Å². The summed E-state index contributed by atoms with van der Waals surface area (Å²) < 4.78 is 2.10. The van der Waals surface area contributed by atoms with E-state index in [1.807, 2.05) is 18.7 Å². The Balaban J connectivity index is 1.59. The van der Waals surface area contributed by atoms with Crippen molar-refractivity contribution >= 4 is 22.9 Å². The summed E-state index contributed by atoms with van der Waals surface area (Å²) in [5.41, 5.74) is 9.16. The summed E-state index contributed by atoms with van der Waals surface area (Å²) in [7, 11) is 0. The molecule has 4 aromatic rings. The predicted octanol–water partition coefficient (Wildman–Crippen LogP) is 6.31. The van der Waals surface area contributed by atoms with E-state index >= 15 is 0 Å². The summed E-state index contributed by atoms with van der Waals surface area (Å²) in [6.07, 6.45) is 5.64. The molecule has 0 radical (unpaired) electrons. The van der Waals surface area contributed by atoms with Crippen molar-refractivity contribution in [1.82, 2.24) is 14.5 Å². The molecule has 0 N–H and O–H groups in total. The average molecular weight is 408 g/mol. The number of alkyl halides is 1. The van der Waals surface area contributed by atoms with E-state index in [2.05, 4.69) is 71.4 Å². The molecule has 0 aliphatic carbocycles. The number of imidazole rings is 1. The first kappa shape index (κ1) is 18.9. The predicted molar refractivity (Wildman–Crippen MR) is 117 cm³/mol. The zero-order valence-electron chi connectivity index (χ0n) is 16.2. The van der Waals surface area contributed by atoms with E-state index in [0.29, 0.717) is 6.54 Å². The van der Waals surface area contributed by atoms with E-state index in [0.717, 1.165) is 22.5 Å². The summed E-state index contributed by atoms with van der Waals surface area (Å²) in [6.45, 7) is 7.02. The van der Waals surface area contributed by atoms with E-state index in [9.17, 15) is 0 Å². The smallest absolute Gasteiger partial charge is 0.100 e. The molecule has 0 saturated carbocycles. The molecule has 3 aromatic heterocycles. The van der Waals surface area contributed by atoms with Crippen molar-refractivity contribution in [2.45, 2.75) is 32.7 Å². The molecule has 142 valence electrons. The Bertz CT molecular complexity index is 1100. The first-order chi connectivity index (χ1) is 13.5. The standard InChI is InChI=1S/C23H22ClN3S/c1-15-4-6-19(7-5-15)22(24)21-10-25-14-27(21)11-18-8-16(2)23(26-9-18)20-13-28-12-17(20)3/h4-10,12-14,22H,11H2,1-3H3. The van der Waals surface area contributed by atoms with Crippen molar-refractivity contribution in [3.05, 3.63) is 93.3 Å². The number of hydrogen-bond donors (Lipinski definition) is 0. The van der Waals surface area contributed by atoms with Gasteiger partial charge in [0.05, 0.1) is 24.3 Å². The van der Waals surface area contributed by atoms with Crippen LogP contribution in [0.4, 0.5) is 0 Å². The fourth-order valence-electron chi connectivity index (χ4n) is 3.38. The second-order valence-corrected chi connectivity index (χ2v) is 8.38. The second kappa shape index (κ2) is 7.90. The van der Waals surface area contributed by atoms with Gasteiger partial charge in [-0.3, -0.25) is 4.98 Å². The first-order valence-electron chi connectivity index (χ1n) is 9.22. The largest absolute Gasteiger partial charge is 0.328 e. The molecule has 0 spiro atoms. The van der Waals surface area contributed by atoms with Gasteiger partial charge in [-0.15, -0.1) is 11.6 Å². The lowest BCUT2D eigenvalue weighted by Gasteiger charge is -2.14. The Kier molecular flexibility index (Phi) is 5.33. The molecule has 0 amide bonds. The molecule has 0 aliphatic rings. The Hall–Kier alpha value is -2.43. The molecule has 5 heteroatoms. The second-order valence-electron chi connectivity index (χ2n) is 7.20. The number of rotatable bonds is 5. The number of aryl methyl sites for hydroxylation is 3. The quantitative estimate of drug-likeness (QED) is 0.363. The molecule has 0 fully saturated rings. The summed E-state index contributed by atoms with van der Waals surface area (Å²) in [5, 5.41) is 4.09. The van der Waals surface area contributed by atoms with Gasteiger partial charge in [0, 0.05) is 23.3 Å². The fourth-order valence-corrected chi connectivity index (χ4v) is 4.54. The van der Waals surface area contributed by atoms with Crippen LogP contribution in [0.15, 0.2) is 59.8 Å². The van der Waals surface area contributed by atoms with Crippen LogP contribution in [0.2, 0.25) is 0 Å². The number of aromatic nitrogens is 3. The normalized spacial score (nSPS) is 12.3. The van der Waals surface area contributed by atoms with Crippen molar-refractivity contribution in [3.63, 3.8) is 0 Å². The molecule has 4 rings (SSSR count). The van der Waals surface area contributed by atoms with Crippen LogP contribution in [0.1, 0.15) is 38.9 Å². The van der Waals surface area contributed by atoms with Crippen LogP contribution in [0.5, 0.6) is 0 Å². The van der Waals surface area contributed by atoms with Crippen molar-refractivity contribution in [1.29, 1.82) is 0 Å². The fraction of sp³-hybridized carbons (Fsp3) is 0.217. The maximum atomic E-state index is 6.76. The maximum Gasteiger partial charge on any atom is 0.100 e. The summed E-state index contributed by atoms with van der Waals surface area (Å²) in [5.74, 6) is 0. The minimum atomic E-state index is -0.232. The average Bonchev–Trinajstić information content (AvgIpc) is 3.31. The minimum Gasteiger partial charge on any atom is -0.328 e. The number of thiophene rings is 1. The van der Waals surface area contributed by atoms with Crippen LogP contribution in [-0.2, 0) is 6.54 Å². The molecular formula is C23H22ClN3S. The highest BCUT2D eigenvalue weighted by molar-refractivity contribution is 7.08. The first-order valence-corrected chi connectivity index (χ1v) is 10.6. The molecule has 1 unspecified atom stereocenters. The van der Waals surface area contributed by atoms with Crippen LogP contribution in [0.25, 0.3) is 11.3 Å². The Morgan fingerprint density at radius 1 is 1.04 bits per heavy atom. The van der Waals surface area contributed by atoms with E-state index in [1.165, 1.54) is 22.3 Å². The third-order valence-corrected chi connectivity index (χ3v) is 6.31. The van der Waals surface area contributed by atoms with Crippen molar-refractivity contribution in [3.8, 4) is 11.3 Å². The molecule has 3 heterocycles. The number of benzene rings is 1. The minimum absolute atomic E-state index is 0.232. The van der Waals surface area contributed by atoms with E-state index < -0.39 is 0 Å². The van der Waals surface area contributed by atoms with Crippen LogP contribution in [0, 0.1) is 20.8 Å². The van der Waals surface area contributed by atoms with Gasteiger partial charge in [-0.25, -0.2) is 4.98 Å². The number of pyridine rings is 1. The van der Waals surface area contributed by atoms with Gasteiger partial charge in [0.25, 0.3) is 0 Å². The van der Waals surface area contributed by atoms with Crippen LogP contribution < -0.4 is 0 Å². The van der Waals surface area contributed by atoms with Gasteiger partial charge in [0.1, 0.15) is 5.38 Å². The molecule has 0 saturated heterocycles. The molecule has 28 heavy (non-hydrogen) atoms. The third-order valence-electron chi connectivity index (χ3n) is 4.97. The van der Waals surface area contributed by atoms with E-state index in [4.69, 9.17) is 16.6 Å². The van der Waals surface area contributed by atoms with E-state index in [1.54, 1.807) is 11.3 Å². The SMILES string of the molecule is Cc1ccc(C(Cl)c2cncn2Cc2cnc(-c3cscc3C)c(C)c2)cc1. The third kappa shape index (κ3) is 3.75. The number of nitrogens with zero attached hydrogens (tertiary/aromatic N) is 3. The summed E-state index contributed by atoms with van der Waals surface area (Å²) in [6, 6.07) is 10.5. The van der Waals surface area contributed by atoms with Crippen LogP contribution in [-0.4, -0.2) is 14.5 Å². The lowest BCUT2D eigenvalue weighted by molar-refractivity contribution is 0.744.